The number of ether oxygens (including phenoxy) is 1. The van der Waals surface area contributed by atoms with Gasteiger partial charge >= 0.3 is 5.97 Å². The van der Waals surface area contributed by atoms with Crippen molar-refractivity contribution in [2.75, 3.05) is 7.11 Å². The summed E-state index contributed by atoms with van der Waals surface area (Å²) in [5, 5.41) is 15.1. The Bertz CT molecular complexity index is 1120. The fraction of sp³-hybridized carbons (Fsp3) is 0.167. The summed E-state index contributed by atoms with van der Waals surface area (Å²) in [6.45, 7) is 3.95. The van der Waals surface area contributed by atoms with Gasteiger partial charge in [-0.15, -0.1) is 0 Å². The highest BCUT2D eigenvalue weighted by atomic mass is 16.7. The molecule has 0 aliphatic heterocycles. The van der Waals surface area contributed by atoms with Crippen LogP contribution in [0, 0.1) is 24.0 Å². The number of methoxy groups -OCH3 is 1. The van der Waals surface area contributed by atoms with Crippen molar-refractivity contribution in [3.05, 3.63) is 105 Å². The van der Waals surface area contributed by atoms with E-state index in [0.29, 0.717) is 23.4 Å². The van der Waals surface area contributed by atoms with Crippen LogP contribution in [0.2, 0.25) is 0 Å². The molecule has 0 bridgehead atoms. The predicted molar refractivity (Wildman–Crippen MR) is 118 cm³/mol. The highest BCUT2D eigenvalue weighted by Crippen LogP contribution is 2.18. The van der Waals surface area contributed by atoms with Crippen molar-refractivity contribution < 1.29 is 19.3 Å². The van der Waals surface area contributed by atoms with Crippen LogP contribution in [0.4, 0.5) is 5.69 Å². The Morgan fingerprint density at radius 2 is 1.68 bits per heavy atom. The molecule has 3 rings (SSSR count). The number of carbonyl (C=O) groups excluding carboxylic acids is 1. The zero-order valence-electron chi connectivity index (χ0n) is 17.5. The monoisotopic (exact) mass is 418 g/mol. The Hall–Kier alpha value is -4.00. The Balaban J connectivity index is 1.88. The number of oxime groups is 1. The van der Waals surface area contributed by atoms with Crippen molar-refractivity contribution in [2.45, 2.75) is 20.3 Å². The predicted octanol–water partition coefficient (Wildman–Crippen LogP) is 5.02. The normalized spacial score (nSPS) is 11.1. The number of benzene rings is 3. The second-order valence-electron chi connectivity index (χ2n) is 7.06. The molecule has 0 aliphatic rings. The van der Waals surface area contributed by atoms with E-state index in [4.69, 9.17) is 9.57 Å². The molecular formula is C24H22N2O5. The molecule has 3 aromatic rings. The van der Waals surface area contributed by atoms with Crippen LogP contribution in [0.15, 0.2) is 71.9 Å². The molecule has 0 radical (unpaired) electrons. The van der Waals surface area contributed by atoms with Crippen LogP contribution >= 0.6 is 0 Å². The summed E-state index contributed by atoms with van der Waals surface area (Å²) >= 11 is 0. The first-order valence-electron chi connectivity index (χ1n) is 9.60. The van der Waals surface area contributed by atoms with E-state index in [1.807, 2.05) is 32.0 Å². The van der Waals surface area contributed by atoms with Crippen LogP contribution < -0.4 is 4.74 Å². The standard InChI is InChI=1S/C24H22N2O5/c1-16-4-13-22(17(2)14-16)23(15-18-5-9-20(10-6-18)26(28)29)25-31-24(27)19-7-11-21(30-3)12-8-19/h4-14H,15H2,1-3H3/b25-23+. The van der Waals surface area contributed by atoms with E-state index < -0.39 is 10.9 Å². The van der Waals surface area contributed by atoms with Gasteiger partial charge in [-0.2, -0.15) is 0 Å². The van der Waals surface area contributed by atoms with E-state index in [2.05, 4.69) is 5.16 Å². The average molecular weight is 418 g/mol. The third kappa shape index (κ3) is 5.54. The minimum atomic E-state index is -0.589. The fourth-order valence-electron chi connectivity index (χ4n) is 3.12. The maximum atomic E-state index is 12.4. The lowest BCUT2D eigenvalue weighted by atomic mass is 9.97. The van der Waals surface area contributed by atoms with Crippen molar-refractivity contribution in [1.82, 2.24) is 0 Å². The number of nitrogens with zero attached hydrogens (tertiary/aromatic N) is 2. The summed E-state index contributed by atoms with van der Waals surface area (Å²) in [4.78, 5) is 28.1. The zero-order valence-corrected chi connectivity index (χ0v) is 17.5. The molecule has 7 heteroatoms. The fourth-order valence-corrected chi connectivity index (χ4v) is 3.12. The van der Waals surface area contributed by atoms with E-state index in [0.717, 1.165) is 22.3 Å². The Morgan fingerprint density at radius 3 is 2.26 bits per heavy atom. The Kier molecular flexibility index (Phi) is 6.77. The van der Waals surface area contributed by atoms with Crippen LogP contribution in [0.1, 0.15) is 32.6 Å². The Labute approximate surface area is 180 Å². The molecule has 0 saturated heterocycles. The van der Waals surface area contributed by atoms with Gasteiger partial charge in [0, 0.05) is 24.1 Å². The molecular weight excluding hydrogens is 396 g/mol. The molecule has 158 valence electrons. The van der Waals surface area contributed by atoms with Gasteiger partial charge in [-0.05, 0) is 49.2 Å². The maximum absolute atomic E-state index is 12.4. The molecule has 0 unspecified atom stereocenters. The van der Waals surface area contributed by atoms with E-state index in [1.165, 1.54) is 12.1 Å². The summed E-state index contributed by atoms with van der Waals surface area (Å²) in [5.41, 5.74) is 4.65. The first-order valence-corrected chi connectivity index (χ1v) is 9.60. The molecule has 7 nitrogen and oxygen atoms in total. The lowest BCUT2D eigenvalue weighted by Gasteiger charge is -2.11. The van der Waals surface area contributed by atoms with Gasteiger partial charge in [-0.3, -0.25) is 10.1 Å². The summed E-state index contributed by atoms with van der Waals surface area (Å²) < 4.78 is 5.10. The van der Waals surface area contributed by atoms with Crippen molar-refractivity contribution >= 4 is 17.4 Å². The van der Waals surface area contributed by atoms with Crippen LogP contribution in [0.5, 0.6) is 5.75 Å². The molecule has 0 atom stereocenters. The molecule has 0 amide bonds. The van der Waals surface area contributed by atoms with Crippen molar-refractivity contribution in [2.24, 2.45) is 5.16 Å². The zero-order chi connectivity index (χ0) is 22.4. The van der Waals surface area contributed by atoms with Gasteiger partial charge in [0.05, 0.1) is 23.3 Å². The van der Waals surface area contributed by atoms with Gasteiger partial charge in [0.1, 0.15) is 5.75 Å². The smallest absolute Gasteiger partial charge is 0.365 e. The van der Waals surface area contributed by atoms with Crippen LogP contribution in [-0.2, 0) is 11.3 Å². The highest BCUT2D eigenvalue weighted by Gasteiger charge is 2.14. The Morgan fingerprint density at radius 1 is 1.00 bits per heavy atom. The second kappa shape index (κ2) is 9.67. The van der Waals surface area contributed by atoms with E-state index in [9.17, 15) is 14.9 Å². The van der Waals surface area contributed by atoms with Crippen molar-refractivity contribution in [1.29, 1.82) is 0 Å². The molecule has 0 heterocycles. The van der Waals surface area contributed by atoms with E-state index >= 15 is 0 Å². The van der Waals surface area contributed by atoms with Gasteiger partial charge < -0.3 is 9.57 Å². The number of non-ortho nitro benzene ring substituents is 1. The van der Waals surface area contributed by atoms with Gasteiger partial charge in [0.25, 0.3) is 5.69 Å². The molecule has 0 aliphatic carbocycles. The number of nitro benzene ring substituents is 1. The molecule has 0 spiro atoms. The number of nitro groups is 1. The second-order valence-corrected chi connectivity index (χ2v) is 7.06. The summed E-state index contributed by atoms with van der Waals surface area (Å²) in [7, 11) is 1.55. The van der Waals surface area contributed by atoms with E-state index in [1.54, 1.807) is 43.5 Å². The molecule has 0 N–H and O–H groups in total. The lowest BCUT2D eigenvalue weighted by molar-refractivity contribution is -0.384. The number of rotatable bonds is 7. The molecule has 0 aromatic heterocycles. The van der Waals surface area contributed by atoms with Crippen LogP contribution in [0.3, 0.4) is 0 Å². The molecule has 3 aromatic carbocycles. The third-order valence-corrected chi connectivity index (χ3v) is 4.78. The maximum Gasteiger partial charge on any atom is 0.365 e. The van der Waals surface area contributed by atoms with Gasteiger partial charge in [0.15, 0.2) is 0 Å². The van der Waals surface area contributed by atoms with Crippen LogP contribution in [0.25, 0.3) is 0 Å². The summed E-state index contributed by atoms with van der Waals surface area (Å²) in [5.74, 6) is 0.0443. The quantitative estimate of drug-likeness (QED) is 0.232. The molecule has 0 fully saturated rings. The van der Waals surface area contributed by atoms with Crippen molar-refractivity contribution in [3.8, 4) is 5.75 Å². The van der Waals surface area contributed by atoms with Crippen LogP contribution in [-0.4, -0.2) is 23.7 Å². The number of hydrogen-bond donors (Lipinski definition) is 0. The minimum Gasteiger partial charge on any atom is -0.497 e. The first kappa shape index (κ1) is 21.7. The molecule has 0 saturated carbocycles. The third-order valence-electron chi connectivity index (χ3n) is 4.78. The number of hydrogen-bond acceptors (Lipinski definition) is 6. The van der Waals surface area contributed by atoms with Gasteiger partial charge in [0.2, 0.25) is 0 Å². The van der Waals surface area contributed by atoms with Gasteiger partial charge in [-0.25, -0.2) is 4.79 Å². The largest absolute Gasteiger partial charge is 0.497 e. The number of aryl methyl sites for hydroxylation is 2. The lowest BCUT2D eigenvalue weighted by Crippen LogP contribution is -2.11. The van der Waals surface area contributed by atoms with Gasteiger partial charge in [-0.1, -0.05) is 41.1 Å². The average Bonchev–Trinajstić information content (AvgIpc) is 2.77. The number of carbonyl (C=O) groups is 1. The molecule has 31 heavy (non-hydrogen) atoms. The highest BCUT2D eigenvalue weighted by molar-refractivity contribution is 6.03. The summed E-state index contributed by atoms with van der Waals surface area (Å²) in [6, 6.07) is 18.7. The van der Waals surface area contributed by atoms with E-state index in [-0.39, 0.29) is 5.69 Å². The SMILES string of the molecule is COc1ccc(C(=O)O/N=C(\Cc2ccc([N+](=O)[O-])cc2)c2ccc(C)cc2C)cc1. The summed E-state index contributed by atoms with van der Waals surface area (Å²) in [6.07, 6.45) is 0.345. The first-order chi connectivity index (χ1) is 14.9. The van der Waals surface area contributed by atoms with Crippen molar-refractivity contribution in [3.63, 3.8) is 0 Å². The topological polar surface area (TPSA) is 91.0 Å². The minimum absolute atomic E-state index is 0.0136.